The van der Waals surface area contributed by atoms with Gasteiger partial charge in [0.15, 0.2) is 11.0 Å². The lowest BCUT2D eigenvalue weighted by Gasteiger charge is -2.21. The van der Waals surface area contributed by atoms with Crippen LogP contribution in [-0.2, 0) is 4.79 Å². The Hall–Kier alpha value is -5.06. The van der Waals surface area contributed by atoms with Crippen molar-refractivity contribution in [2.75, 3.05) is 22.6 Å². The van der Waals surface area contributed by atoms with Crippen LogP contribution in [0.4, 0.5) is 42.5 Å². The van der Waals surface area contributed by atoms with Crippen LogP contribution in [0.2, 0.25) is 0 Å². The number of alkyl halides is 6. The van der Waals surface area contributed by atoms with Gasteiger partial charge in [0.05, 0.1) is 30.2 Å². The summed E-state index contributed by atoms with van der Waals surface area (Å²) in [5.74, 6) is -0.546. The maximum Gasteiger partial charge on any atom is 0.573 e. The molecule has 0 unspecified atom stereocenters. The molecule has 246 valence electrons. The van der Waals surface area contributed by atoms with Gasteiger partial charge in [0.25, 0.3) is 0 Å². The Kier molecular flexibility index (Phi) is 9.46. The fourth-order valence-corrected chi connectivity index (χ4v) is 5.23. The first-order valence-electron chi connectivity index (χ1n) is 13.7. The minimum atomic E-state index is -4.81. The van der Waals surface area contributed by atoms with Crippen molar-refractivity contribution < 1.29 is 45.4 Å². The average Bonchev–Trinajstić information content (AvgIpc) is 3.61. The molecule has 4 aromatic rings. The first-order valence-corrected chi connectivity index (χ1v) is 14.7. The van der Waals surface area contributed by atoms with E-state index >= 15 is 0 Å². The SMILES string of the molecule is Cc1ccc(OCCC(F)(F)F)c(N2C(=O)CS/C2=N\C(=O)Nc2ccc(-n3cnc(-c4ccc(OC(F)(F)F)cc4)n3)cc2C)c1. The van der Waals surface area contributed by atoms with Gasteiger partial charge in [0.1, 0.15) is 17.8 Å². The summed E-state index contributed by atoms with van der Waals surface area (Å²) < 4.78 is 86.0. The third-order valence-corrected chi connectivity index (χ3v) is 7.44. The maximum atomic E-state index is 12.9. The summed E-state index contributed by atoms with van der Waals surface area (Å²) in [4.78, 5) is 35.2. The van der Waals surface area contributed by atoms with E-state index in [1.807, 2.05) is 0 Å². The van der Waals surface area contributed by atoms with Gasteiger partial charge in [0, 0.05) is 11.3 Å². The molecular weight excluding hydrogens is 654 g/mol. The Balaban J connectivity index is 1.29. The molecule has 0 atom stereocenters. The molecule has 1 fully saturated rings. The van der Waals surface area contributed by atoms with Crippen LogP contribution in [0.15, 0.2) is 72.0 Å². The Morgan fingerprint density at radius 3 is 2.45 bits per heavy atom. The topological polar surface area (TPSA) is 111 Å². The maximum absolute atomic E-state index is 12.9. The number of nitrogens with zero attached hydrogens (tertiary/aromatic N) is 5. The van der Waals surface area contributed by atoms with Crippen molar-refractivity contribution in [2.45, 2.75) is 32.8 Å². The van der Waals surface area contributed by atoms with Crippen LogP contribution in [0.25, 0.3) is 17.1 Å². The zero-order valence-corrected chi connectivity index (χ0v) is 25.3. The second-order valence-electron chi connectivity index (χ2n) is 10.1. The van der Waals surface area contributed by atoms with Gasteiger partial charge < -0.3 is 14.8 Å². The number of amidine groups is 1. The molecule has 10 nitrogen and oxygen atoms in total. The van der Waals surface area contributed by atoms with Crippen LogP contribution in [-0.4, -0.2) is 56.8 Å². The van der Waals surface area contributed by atoms with Gasteiger partial charge in [-0.2, -0.15) is 18.2 Å². The normalized spacial score (nSPS) is 14.5. The lowest BCUT2D eigenvalue weighted by Crippen LogP contribution is -2.31. The number of urea groups is 1. The molecule has 3 aromatic carbocycles. The van der Waals surface area contributed by atoms with Gasteiger partial charge in [-0.15, -0.1) is 18.3 Å². The standard InChI is InChI=1S/C30H24F6N6O4S/c1-17-3-10-24(45-12-11-29(31,32)33)23(13-17)42-25(43)15-47-28(42)39-27(44)38-22-9-6-20(14-18(22)2)41-16-37-26(40-41)19-4-7-21(8-5-19)46-30(34,35)36/h3-10,13-14,16H,11-12,15H2,1-2H3,(H,38,44)/b39-28-. The molecule has 0 spiro atoms. The van der Waals surface area contributed by atoms with Gasteiger partial charge in [-0.1, -0.05) is 17.8 Å². The quantitative estimate of drug-likeness (QED) is 0.193. The summed E-state index contributed by atoms with van der Waals surface area (Å²) in [7, 11) is 0. The number of aliphatic imine (C=N–C) groups is 1. The molecule has 1 N–H and O–H groups in total. The van der Waals surface area contributed by atoms with E-state index in [0.29, 0.717) is 28.1 Å². The minimum absolute atomic E-state index is 0.0289. The highest BCUT2D eigenvalue weighted by Gasteiger charge is 2.34. The molecule has 0 radical (unpaired) electrons. The fourth-order valence-electron chi connectivity index (χ4n) is 4.37. The molecular formula is C30H24F6N6O4S. The van der Waals surface area contributed by atoms with E-state index in [1.165, 1.54) is 29.2 Å². The van der Waals surface area contributed by atoms with E-state index in [-0.39, 0.29) is 33.9 Å². The summed E-state index contributed by atoms with van der Waals surface area (Å²) in [5.41, 5.74) is 2.93. The predicted molar refractivity (Wildman–Crippen MR) is 162 cm³/mol. The highest BCUT2D eigenvalue weighted by atomic mass is 32.2. The van der Waals surface area contributed by atoms with Crippen LogP contribution in [0.3, 0.4) is 0 Å². The molecule has 1 aliphatic heterocycles. The number of aromatic nitrogens is 3. The molecule has 5 rings (SSSR count). The number of benzene rings is 3. The van der Waals surface area contributed by atoms with E-state index in [2.05, 4.69) is 25.1 Å². The molecule has 1 aromatic heterocycles. The highest BCUT2D eigenvalue weighted by Crippen LogP contribution is 2.36. The van der Waals surface area contributed by atoms with Crippen molar-refractivity contribution in [1.29, 1.82) is 0 Å². The van der Waals surface area contributed by atoms with E-state index in [0.717, 1.165) is 28.8 Å². The first kappa shape index (κ1) is 33.3. The number of carbonyl (C=O) groups is 2. The van der Waals surface area contributed by atoms with Crippen molar-refractivity contribution in [3.05, 3.63) is 78.1 Å². The van der Waals surface area contributed by atoms with E-state index in [1.54, 1.807) is 44.2 Å². The molecule has 0 aliphatic carbocycles. The Labute approximate surface area is 267 Å². The molecule has 2 heterocycles. The largest absolute Gasteiger partial charge is 0.573 e. The fraction of sp³-hybridized carbons (Fsp3) is 0.233. The zero-order chi connectivity index (χ0) is 33.9. The van der Waals surface area contributed by atoms with Crippen molar-refractivity contribution in [1.82, 2.24) is 14.8 Å². The van der Waals surface area contributed by atoms with Gasteiger partial charge in [-0.3, -0.25) is 9.69 Å². The summed E-state index contributed by atoms with van der Waals surface area (Å²) in [6.45, 7) is 2.81. The summed E-state index contributed by atoms with van der Waals surface area (Å²) in [6.07, 6.45) is -8.99. The van der Waals surface area contributed by atoms with E-state index in [4.69, 9.17) is 4.74 Å². The van der Waals surface area contributed by atoms with Crippen LogP contribution in [0.5, 0.6) is 11.5 Å². The number of ether oxygens (including phenoxy) is 2. The number of nitrogens with one attached hydrogen (secondary N) is 1. The second-order valence-corrected chi connectivity index (χ2v) is 11.1. The lowest BCUT2D eigenvalue weighted by atomic mass is 10.2. The van der Waals surface area contributed by atoms with E-state index in [9.17, 15) is 35.9 Å². The number of amides is 3. The molecule has 0 bridgehead atoms. The van der Waals surface area contributed by atoms with Crippen LogP contribution < -0.4 is 19.7 Å². The smallest absolute Gasteiger partial charge is 0.491 e. The highest BCUT2D eigenvalue weighted by molar-refractivity contribution is 8.15. The molecule has 1 saturated heterocycles. The monoisotopic (exact) mass is 678 g/mol. The Bertz CT molecular complexity index is 1820. The van der Waals surface area contributed by atoms with Gasteiger partial charge in [-0.05, 0) is 79.6 Å². The van der Waals surface area contributed by atoms with Gasteiger partial charge in [0.2, 0.25) is 5.91 Å². The molecule has 0 saturated carbocycles. The molecule has 47 heavy (non-hydrogen) atoms. The van der Waals surface area contributed by atoms with Crippen LogP contribution in [0.1, 0.15) is 17.5 Å². The number of halogens is 6. The number of hydrogen-bond acceptors (Lipinski definition) is 7. The van der Waals surface area contributed by atoms with Crippen molar-refractivity contribution >= 4 is 40.2 Å². The number of rotatable bonds is 8. The summed E-state index contributed by atoms with van der Waals surface area (Å²) in [6, 6.07) is 13.9. The zero-order valence-electron chi connectivity index (χ0n) is 24.5. The van der Waals surface area contributed by atoms with E-state index < -0.39 is 37.5 Å². The van der Waals surface area contributed by atoms with Crippen LogP contribution >= 0.6 is 11.8 Å². The van der Waals surface area contributed by atoms with Gasteiger partial charge in [-0.25, -0.2) is 14.5 Å². The number of carbonyl (C=O) groups excluding carboxylic acids is 2. The van der Waals surface area contributed by atoms with Crippen molar-refractivity contribution in [3.8, 4) is 28.6 Å². The predicted octanol–water partition coefficient (Wildman–Crippen LogP) is 7.45. The number of hydrogen-bond donors (Lipinski definition) is 1. The third kappa shape index (κ3) is 8.60. The van der Waals surface area contributed by atoms with Gasteiger partial charge >= 0.3 is 18.6 Å². The Morgan fingerprint density at radius 1 is 1.02 bits per heavy atom. The number of aryl methyl sites for hydroxylation is 2. The average molecular weight is 679 g/mol. The number of anilines is 2. The van der Waals surface area contributed by atoms with Crippen molar-refractivity contribution in [3.63, 3.8) is 0 Å². The second kappa shape index (κ2) is 13.4. The van der Waals surface area contributed by atoms with Crippen LogP contribution in [0, 0.1) is 13.8 Å². The summed E-state index contributed by atoms with van der Waals surface area (Å²) in [5, 5.41) is 7.06. The lowest BCUT2D eigenvalue weighted by molar-refractivity contribution is -0.274. The summed E-state index contributed by atoms with van der Waals surface area (Å²) >= 11 is 0.997. The third-order valence-electron chi connectivity index (χ3n) is 6.52. The molecule has 1 aliphatic rings. The van der Waals surface area contributed by atoms with Crippen molar-refractivity contribution in [2.24, 2.45) is 4.99 Å². The number of thioether (sulfide) groups is 1. The molecule has 3 amide bonds. The first-order chi connectivity index (χ1) is 22.1. The Morgan fingerprint density at radius 2 is 1.77 bits per heavy atom. The minimum Gasteiger partial charge on any atom is -0.491 e. The molecule has 17 heteroatoms.